The van der Waals surface area contributed by atoms with Gasteiger partial charge in [-0.25, -0.2) is 13.1 Å². The van der Waals surface area contributed by atoms with Crippen molar-refractivity contribution in [3.05, 3.63) is 49.4 Å². The van der Waals surface area contributed by atoms with Crippen LogP contribution in [-0.2, 0) is 10.0 Å². The molecule has 6 nitrogen and oxygen atoms in total. The molecule has 1 aromatic rings. The maximum Gasteiger partial charge on any atom is 0.259 e. The van der Waals surface area contributed by atoms with E-state index in [0.717, 1.165) is 16.2 Å². The Morgan fingerprint density at radius 2 is 2.05 bits per heavy atom. The average Bonchev–Trinajstić information content (AvgIpc) is 2.37. The molecule has 0 heterocycles. The highest BCUT2D eigenvalue weighted by Crippen LogP contribution is 2.20. The predicted octanol–water partition coefficient (Wildman–Crippen LogP) is 3.17. The van der Waals surface area contributed by atoms with Crippen molar-refractivity contribution in [3.8, 4) is 0 Å². The van der Waals surface area contributed by atoms with Crippen molar-refractivity contribution in [3.63, 3.8) is 0 Å². The van der Waals surface area contributed by atoms with Gasteiger partial charge in [-0.2, -0.15) is 0 Å². The van der Waals surface area contributed by atoms with Gasteiger partial charge >= 0.3 is 0 Å². The van der Waals surface area contributed by atoms with Crippen LogP contribution in [0.5, 0.6) is 0 Å². The summed E-state index contributed by atoms with van der Waals surface area (Å²) < 4.78 is 27.2. The van der Waals surface area contributed by atoms with E-state index in [1.54, 1.807) is 12.1 Å². The van der Waals surface area contributed by atoms with E-state index < -0.39 is 14.9 Å². The molecule has 0 fully saturated rings. The van der Waals surface area contributed by atoms with Gasteiger partial charge in [-0.1, -0.05) is 27.5 Å². The van der Waals surface area contributed by atoms with Gasteiger partial charge in [-0.3, -0.25) is 10.1 Å². The fourth-order valence-electron chi connectivity index (χ4n) is 1.27. The van der Waals surface area contributed by atoms with Crippen LogP contribution in [0.15, 0.2) is 44.2 Å². The topological polar surface area (TPSA) is 89.3 Å². The Hall–Kier alpha value is -0.610. The monoisotopic (exact) mass is 414 g/mol. The van der Waals surface area contributed by atoms with E-state index in [2.05, 4.69) is 20.7 Å². The third-order valence-corrected chi connectivity index (χ3v) is 5.49. The van der Waals surface area contributed by atoms with Crippen LogP contribution in [-0.4, -0.2) is 25.6 Å². The van der Waals surface area contributed by atoms with Gasteiger partial charge in [0.05, 0.1) is 9.82 Å². The second kappa shape index (κ2) is 8.74. The number of nitrogens with zero attached hydrogens (tertiary/aromatic N) is 1. The Morgan fingerprint density at radius 1 is 1.43 bits per heavy atom. The van der Waals surface area contributed by atoms with Crippen LogP contribution in [0.3, 0.4) is 0 Å². The lowest BCUT2D eigenvalue weighted by Gasteiger charge is -2.06. The zero-order valence-corrected chi connectivity index (χ0v) is 14.6. The molecule has 1 N–H and O–H groups in total. The lowest BCUT2D eigenvalue weighted by molar-refractivity contribution is -0.402. The summed E-state index contributed by atoms with van der Waals surface area (Å²) in [6.07, 6.45) is 1.21. The summed E-state index contributed by atoms with van der Waals surface area (Å²) in [6.45, 7) is 0.230. The molecule has 1 rings (SSSR count). The summed E-state index contributed by atoms with van der Waals surface area (Å²) >= 11 is 9.92. The molecule has 0 amide bonds. The zero-order valence-electron chi connectivity index (χ0n) is 10.7. The highest BCUT2D eigenvalue weighted by atomic mass is 79.9. The Labute approximate surface area is 140 Å². The molecule has 0 aromatic heterocycles. The first-order valence-electron chi connectivity index (χ1n) is 5.70. The van der Waals surface area contributed by atoms with Crippen molar-refractivity contribution in [2.75, 3.05) is 12.3 Å². The Balaban J connectivity index is 2.38. The fourth-order valence-corrected chi connectivity index (χ4v) is 3.56. The summed E-state index contributed by atoms with van der Waals surface area (Å²) in [6, 6.07) is 6.29. The van der Waals surface area contributed by atoms with E-state index in [0.29, 0.717) is 18.4 Å². The molecule has 116 valence electrons. The van der Waals surface area contributed by atoms with E-state index in [1.165, 1.54) is 12.1 Å². The third kappa shape index (κ3) is 7.28. The van der Waals surface area contributed by atoms with Gasteiger partial charge in [0.25, 0.3) is 6.20 Å². The quantitative estimate of drug-likeness (QED) is 0.400. The zero-order chi connectivity index (χ0) is 15.9. The van der Waals surface area contributed by atoms with Gasteiger partial charge < -0.3 is 0 Å². The minimum absolute atomic E-state index is 0.0655. The highest BCUT2D eigenvalue weighted by Gasteiger charge is 2.12. The number of benzene rings is 1. The van der Waals surface area contributed by atoms with Crippen LogP contribution in [0.2, 0.25) is 0 Å². The molecular weight excluding hydrogens is 404 g/mol. The number of sulfonamides is 1. The molecule has 10 heteroatoms. The van der Waals surface area contributed by atoms with Crippen molar-refractivity contribution in [1.29, 1.82) is 0 Å². The number of halogens is 2. The maximum absolute atomic E-state index is 11.9. The summed E-state index contributed by atoms with van der Waals surface area (Å²) in [7, 11) is -3.53. The van der Waals surface area contributed by atoms with E-state index >= 15 is 0 Å². The molecule has 0 unspecified atom stereocenters. The van der Waals surface area contributed by atoms with Gasteiger partial charge in [0, 0.05) is 16.8 Å². The number of hydrogen-bond donors (Lipinski definition) is 1. The van der Waals surface area contributed by atoms with Crippen LogP contribution in [0, 0.1) is 10.1 Å². The molecule has 0 spiro atoms. The largest absolute Gasteiger partial charge is 0.259 e. The van der Waals surface area contributed by atoms with Gasteiger partial charge in [0.2, 0.25) is 10.0 Å². The lowest BCUT2D eigenvalue weighted by Crippen LogP contribution is -2.25. The second-order valence-electron chi connectivity index (χ2n) is 3.77. The molecule has 0 radical (unpaired) electrons. The smallest absolute Gasteiger partial charge is 0.259 e. The normalized spacial score (nSPS) is 12.4. The standard InChI is InChI=1S/C11H12BrClN2O4S2/c12-9-2-4-10(5-3-9)21(18,19)14-6-1-7-20-11(13)8-15(16)17/h2-5,8,14H,1,6-7H2. The van der Waals surface area contributed by atoms with Crippen molar-refractivity contribution in [1.82, 2.24) is 4.72 Å². The van der Waals surface area contributed by atoms with Gasteiger partial charge in [0.15, 0.2) is 0 Å². The molecule has 1 aromatic carbocycles. The third-order valence-electron chi connectivity index (χ3n) is 2.18. The van der Waals surface area contributed by atoms with E-state index in [4.69, 9.17) is 11.6 Å². The molecule has 0 atom stereocenters. The molecular formula is C11H12BrClN2O4S2. The Bertz CT molecular complexity index is 620. The minimum Gasteiger partial charge on any atom is -0.259 e. The number of rotatable bonds is 8. The van der Waals surface area contributed by atoms with Crippen molar-refractivity contribution < 1.29 is 13.3 Å². The predicted molar refractivity (Wildman–Crippen MR) is 87.3 cm³/mol. The number of thioether (sulfide) groups is 1. The van der Waals surface area contributed by atoms with Gasteiger partial charge in [-0.15, -0.1) is 11.8 Å². The maximum atomic E-state index is 11.9. The van der Waals surface area contributed by atoms with Crippen molar-refractivity contribution >= 4 is 49.3 Å². The molecule has 0 aliphatic heterocycles. The van der Waals surface area contributed by atoms with Crippen LogP contribution >= 0.6 is 39.3 Å². The van der Waals surface area contributed by atoms with Crippen LogP contribution in [0.25, 0.3) is 0 Å². The van der Waals surface area contributed by atoms with E-state index in [-0.39, 0.29) is 15.8 Å². The molecule has 0 saturated heterocycles. The Morgan fingerprint density at radius 3 is 2.62 bits per heavy atom. The summed E-state index contributed by atoms with van der Waals surface area (Å²) in [4.78, 5) is 9.70. The first kappa shape index (κ1) is 18.4. The summed E-state index contributed by atoms with van der Waals surface area (Å²) in [5, 5.41) is 10.1. The van der Waals surface area contributed by atoms with E-state index in [1.807, 2.05) is 0 Å². The Kier molecular flexibility index (Phi) is 7.67. The minimum atomic E-state index is -3.53. The molecule has 0 aliphatic carbocycles. The lowest BCUT2D eigenvalue weighted by atomic mass is 10.4. The first-order chi connectivity index (χ1) is 9.81. The highest BCUT2D eigenvalue weighted by molar-refractivity contribution is 9.10. The van der Waals surface area contributed by atoms with Crippen molar-refractivity contribution in [2.24, 2.45) is 0 Å². The number of nitro groups is 1. The van der Waals surface area contributed by atoms with Crippen LogP contribution in [0.1, 0.15) is 6.42 Å². The number of nitrogens with one attached hydrogen (secondary N) is 1. The first-order valence-corrected chi connectivity index (χ1v) is 9.34. The molecule has 21 heavy (non-hydrogen) atoms. The van der Waals surface area contributed by atoms with Crippen LogP contribution < -0.4 is 4.72 Å². The number of hydrogen-bond acceptors (Lipinski definition) is 5. The average molecular weight is 416 g/mol. The summed E-state index contributed by atoms with van der Waals surface area (Å²) in [5.41, 5.74) is 0. The summed E-state index contributed by atoms with van der Waals surface area (Å²) in [5.74, 6) is 0.478. The molecule has 0 saturated carbocycles. The van der Waals surface area contributed by atoms with Gasteiger partial charge in [-0.05, 0) is 30.7 Å². The van der Waals surface area contributed by atoms with Gasteiger partial charge in [0.1, 0.15) is 4.36 Å². The fraction of sp³-hybridized carbons (Fsp3) is 0.273. The molecule has 0 aliphatic rings. The molecule has 0 bridgehead atoms. The van der Waals surface area contributed by atoms with E-state index in [9.17, 15) is 18.5 Å². The van der Waals surface area contributed by atoms with Crippen molar-refractivity contribution in [2.45, 2.75) is 11.3 Å². The van der Waals surface area contributed by atoms with Crippen LogP contribution in [0.4, 0.5) is 0 Å². The SMILES string of the molecule is O=[N+]([O-])C=C(Cl)SCCCNS(=O)(=O)c1ccc(Br)cc1. The second-order valence-corrected chi connectivity index (χ2v) is 8.22.